The van der Waals surface area contributed by atoms with E-state index in [4.69, 9.17) is 11.6 Å². The summed E-state index contributed by atoms with van der Waals surface area (Å²) in [6.45, 7) is 0.846. The molecule has 0 saturated carbocycles. The van der Waals surface area contributed by atoms with Gasteiger partial charge in [0.2, 0.25) is 10.0 Å². The van der Waals surface area contributed by atoms with E-state index in [1.807, 2.05) is 19.0 Å². The molecule has 3 N–H and O–H groups in total. The molecule has 1 aliphatic heterocycles. The van der Waals surface area contributed by atoms with Crippen LogP contribution in [-0.2, 0) is 26.0 Å². The highest BCUT2D eigenvalue weighted by Gasteiger charge is 2.29. The monoisotopic (exact) mass is 568 g/mol. The first-order valence-electron chi connectivity index (χ1n) is 12.1. The van der Waals surface area contributed by atoms with Crippen LogP contribution >= 0.6 is 11.6 Å². The molecule has 1 amide bonds. The number of aliphatic carboxylic acids is 1. The normalized spacial score (nSPS) is 14.1. The largest absolute Gasteiger partial charge is 0.481 e. The molecule has 0 atom stereocenters. The SMILES string of the molecule is CN(C)CCN(c1ccc(N/C(=C2\C(=O)Nc3cc(Cl)ccc32)c2cccc(CC(=O)O)c2)cc1)S(C)(=O)=O. The number of carbonyl (C=O) groups is 2. The number of carbonyl (C=O) groups excluding carboxylic acids is 1. The van der Waals surface area contributed by atoms with Crippen LogP contribution in [0.1, 0.15) is 16.7 Å². The molecule has 0 saturated heterocycles. The van der Waals surface area contributed by atoms with Gasteiger partial charge < -0.3 is 20.6 Å². The molecule has 1 aliphatic rings. The van der Waals surface area contributed by atoms with Crippen LogP contribution in [0.15, 0.2) is 66.7 Å². The number of sulfonamides is 1. The number of halogens is 1. The smallest absolute Gasteiger partial charge is 0.307 e. The van der Waals surface area contributed by atoms with E-state index in [0.29, 0.717) is 63.1 Å². The second-order valence-electron chi connectivity index (χ2n) is 9.48. The lowest BCUT2D eigenvalue weighted by Gasteiger charge is -2.24. The van der Waals surface area contributed by atoms with Gasteiger partial charge in [-0.25, -0.2) is 8.42 Å². The lowest BCUT2D eigenvalue weighted by Crippen LogP contribution is -2.35. The van der Waals surface area contributed by atoms with Gasteiger partial charge in [-0.1, -0.05) is 35.9 Å². The van der Waals surface area contributed by atoms with Crippen molar-refractivity contribution in [2.75, 3.05) is 48.4 Å². The van der Waals surface area contributed by atoms with E-state index in [1.54, 1.807) is 66.7 Å². The van der Waals surface area contributed by atoms with E-state index in [0.717, 1.165) is 0 Å². The molecule has 39 heavy (non-hydrogen) atoms. The Hall–Kier alpha value is -3.86. The number of likely N-dealkylation sites (N-methyl/N-ethyl adjacent to an activating group) is 1. The lowest BCUT2D eigenvalue weighted by atomic mass is 9.98. The second kappa shape index (κ2) is 11.5. The number of carboxylic acids is 1. The molecule has 0 radical (unpaired) electrons. The molecule has 0 fully saturated rings. The van der Waals surface area contributed by atoms with Gasteiger partial charge in [0, 0.05) is 29.4 Å². The predicted molar refractivity (Wildman–Crippen MR) is 155 cm³/mol. The van der Waals surface area contributed by atoms with Crippen molar-refractivity contribution in [3.05, 3.63) is 88.4 Å². The maximum absolute atomic E-state index is 13.2. The first-order chi connectivity index (χ1) is 18.4. The highest BCUT2D eigenvalue weighted by atomic mass is 35.5. The standard InChI is InChI=1S/C28H29ClN4O5S/c1-32(2)13-14-33(39(3,37)38)22-10-8-21(9-11-22)30-27(19-6-4-5-18(15-19)16-25(34)35)26-23-12-7-20(29)17-24(23)31-28(26)36/h4-12,15,17,30H,13-14,16H2,1-3H3,(H,31,36)(H,34,35)/b27-26-. The number of hydrogen-bond acceptors (Lipinski definition) is 6. The van der Waals surface area contributed by atoms with Crippen LogP contribution in [0, 0.1) is 0 Å². The molecule has 0 aliphatic carbocycles. The molecule has 9 nitrogen and oxygen atoms in total. The van der Waals surface area contributed by atoms with Crippen LogP contribution < -0.4 is 14.9 Å². The molecular weight excluding hydrogens is 540 g/mol. The fourth-order valence-electron chi connectivity index (χ4n) is 4.32. The first kappa shape index (κ1) is 28.2. The van der Waals surface area contributed by atoms with Gasteiger partial charge in [-0.2, -0.15) is 0 Å². The minimum Gasteiger partial charge on any atom is -0.481 e. The summed E-state index contributed by atoms with van der Waals surface area (Å²) in [4.78, 5) is 26.4. The van der Waals surface area contributed by atoms with Gasteiger partial charge in [0.05, 0.1) is 35.3 Å². The van der Waals surface area contributed by atoms with Crippen molar-refractivity contribution in [1.29, 1.82) is 0 Å². The Kier molecular flexibility index (Phi) is 8.29. The summed E-state index contributed by atoms with van der Waals surface area (Å²) in [6.07, 6.45) is 1.00. The zero-order valence-electron chi connectivity index (χ0n) is 21.7. The molecule has 1 heterocycles. The Balaban J connectivity index is 1.77. The number of nitrogens with zero attached hydrogens (tertiary/aromatic N) is 2. The van der Waals surface area contributed by atoms with E-state index in [9.17, 15) is 23.1 Å². The van der Waals surface area contributed by atoms with Crippen LogP contribution in [0.5, 0.6) is 0 Å². The Morgan fingerprint density at radius 1 is 1.03 bits per heavy atom. The van der Waals surface area contributed by atoms with E-state index >= 15 is 0 Å². The number of rotatable bonds is 10. The minimum absolute atomic E-state index is 0.169. The van der Waals surface area contributed by atoms with Crippen LogP contribution in [-0.4, -0.2) is 63.7 Å². The number of anilines is 3. The van der Waals surface area contributed by atoms with Crippen molar-refractivity contribution in [1.82, 2.24) is 4.90 Å². The van der Waals surface area contributed by atoms with Gasteiger partial charge in [0.15, 0.2) is 0 Å². The quantitative estimate of drug-likeness (QED) is 0.313. The van der Waals surface area contributed by atoms with Crippen molar-refractivity contribution in [3.8, 4) is 0 Å². The number of nitrogens with one attached hydrogen (secondary N) is 2. The summed E-state index contributed by atoms with van der Waals surface area (Å²) in [7, 11) is 0.249. The summed E-state index contributed by atoms with van der Waals surface area (Å²) in [6, 6.07) is 19.0. The Morgan fingerprint density at radius 3 is 2.38 bits per heavy atom. The lowest BCUT2D eigenvalue weighted by molar-refractivity contribution is -0.136. The van der Waals surface area contributed by atoms with Crippen molar-refractivity contribution in [3.63, 3.8) is 0 Å². The average molecular weight is 569 g/mol. The van der Waals surface area contributed by atoms with Crippen LogP contribution in [0.25, 0.3) is 11.3 Å². The maximum Gasteiger partial charge on any atom is 0.307 e. The third kappa shape index (κ3) is 6.78. The van der Waals surface area contributed by atoms with Crippen LogP contribution in [0.2, 0.25) is 5.02 Å². The first-order valence-corrected chi connectivity index (χ1v) is 14.3. The summed E-state index contributed by atoms with van der Waals surface area (Å²) < 4.78 is 26.2. The van der Waals surface area contributed by atoms with E-state index < -0.39 is 16.0 Å². The van der Waals surface area contributed by atoms with Crippen molar-refractivity contribution < 1.29 is 23.1 Å². The third-order valence-corrected chi connectivity index (χ3v) is 7.55. The molecule has 11 heteroatoms. The molecule has 3 aromatic carbocycles. The van der Waals surface area contributed by atoms with Crippen LogP contribution in [0.3, 0.4) is 0 Å². The summed E-state index contributed by atoms with van der Waals surface area (Å²) in [5.74, 6) is -1.30. The summed E-state index contributed by atoms with van der Waals surface area (Å²) >= 11 is 6.14. The minimum atomic E-state index is -3.50. The molecule has 0 spiro atoms. The highest BCUT2D eigenvalue weighted by Crippen LogP contribution is 2.39. The number of carboxylic acid groups (broad SMARTS) is 1. The van der Waals surface area contributed by atoms with Crippen molar-refractivity contribution in [2.24, 2.45) is 0 Å². The number of amides is 1. The molecule has 4 rings (SSSR count). The van der Waals surface area contributed by atoms with Crippen LogP contribution in [0.4, 0.5) is 17.1 Å². The molecular formula is C28H29ClN4O5S. The highest BCUT2D eigenvalue weighted by molar-refractivity contribution is 7.92. The van der Waals surface area contributed by atoms with Gasteiger partial charge in [-0.3, -0.25) is 13.9 Å². The molecule has 0 unspecified atom stereocenters. The van der Waals surface area contributed by atoms with Gasteiger partial charge in [0.25, 0.3) is 5.91 Å². The summed E-state index contributed by atoms with van der Waals surface area (Å²) in [5.41, 5.74) is 4.40. The maximum atomic E-state index is 13.2. The molecule has 0 bridgehead atoms. The molecule has 0 aromatic heterocycles. The molecule has 3 aromatic rings. The third-order valence-electron chi connectivity index (χ3n) is 6.12. The number of benzene rings is 3. The van der Waals surface area contributed by atoms with Gasteiger partial charge in [-0.05, 0) is 67.7 Å². The Morgan fingerprint density at radius 2 is 1.74 bits per heavy atom. The Bertz CT molecular complexity index is 1550. The number of fused-ring (bicyclic) bond motifs is 1. The van der Waals surface area contributed by atoms with Gasteiger partial charge in [-0.15, -0.1) is 0 Å². The Labute approximate surface area is 232 Å². The molecule has 204 valence electrons. The van der Waals surface area contributed by atoms with Gasteiger partial charge >= 0.3 is 5.97 Å². The zero-order valence-corrected chi connectivity index (χ0v) is 23.3. The number of hydrogen-bond donors (Lipinski definition) is 3. The van der Waals surface area contributed by atoms with Crippen molar-refractivity contribution >= 4 is 61.8 Å². The zero-order chi connectivity index (χ0) is 28.3. The van der Waals surface area contributed by atoms with Gasteiger partial charge in [0.1, 0.15) is 0 Å². The average Bonchev–Trinajstić information content (AvgIpc) is 3.16. The fraction of sp³-hybridized carbons (Fsp3) is 0.214. The summed E-state index contributed by atoms with van der Waals surface area (Å²) in [5, 5.41) is 15.9. The van der Waals surface area contributed by atoms with E-state index in [2.05, 4.69) is 10.6 Å². The van der Waals surface area contributed by atoms with E-state index in [1.165, 1.54) is 10.6 Å². The fourth-order valence-corrected chi connectivity index (χ4v) is 5.41. The second-order valence-corrected chi connectivity index (χ2v) is 11.8. The van der Waals surface area contributed by atoms with Crippen molar-refractivity contribution in [2.45, 2.75) is 6.42 Å². The predicted octanol–water partition coefficient (Wildman–Crippen LogP) is 4.23. The topological polar surface area (TPSA) is 119 Å². The van der Waals surface area contributed by atoms with E-state index in [-0.39, 0.29) is 12.3 Å².